The number of amides is 1. The van der Waals surface area contributed by atoms with Crippen LogP contribution in [0.25, 0.3) is 0 Å². The zero-order valence-electron chi connectivity index (χ0n) is 11.6. The Balaban J connectivity index is 2.04. The largest absolute Gasteiger partial charge is 0.481 e. The number of rotatable bonds is 6. The molecule has 0 unspecified atom stereocenters. The van der Waals surface area contributed by atoms with Crippen LogP contribution in [-0.2, 0) is 17.9 Å². The van der Waals surface area contributed by atoms with Crippen molar-refractivity contribution in [2.45, 2.75) is 13.1 Å². The van der Waals surface area contributed by atoms with Gasteiger partial charge in [0.15, 0.2) is 0 Å². The number of nitrogens with two attached hydrogens (primary N) is 1. The molecule has 0 fully saturated rings. The molecule has 2 heterocycles. The molecule has 3 N–H and O–H groups in total. The van der Waals surface area contributed by atoms with Crippen LogP contribution in [0.15, 0.2) is 12.3 Å². The molecule has 0 aromatic carbocycles. The molecule has 0 atom stereocenters. The number of carbonyl (C=O) groups is 1. The van der Waals surface area contributed by atoms with Crippen molar-refractivity contribution in [3.05, 3.63) is 18.0 Å². The molecule has 0 aliphatic rings. The highest BCUT2D eigenvalue weighted by Crippen LogP contribution is 2.17. The maximum absolute atomic E-state index is 11.9. The van der Waals surface area contributed by atoms with E-state index < -0.39 is 0 Å². The predicted molar refractivity (Wildman–Crippen MR) is 71.7 cm³/mol. The molecular weight excluding hydrogens is 278 g/mol. The van der Waals surface area contributed by atoms with Crippen molar-refractivity contribution in [1.29, 1.82) is 0 Å². The number of nitrogens with one attached hydrogen (secondary N) is 1. The third-order valence-corrected chi connectivity index (χ3v) is 2.45. The van der Waals surface area contributed by atoms with E-state index in [1.54, 1.807) is 6.20 Å². The fourth-order valence-corrected chi connectivity index (χ4v) is 1.49. The van der Waals surface area contributed by atoms with Crippen LogP contribution in [0.1, 0.15) is 5.69 Å². The van der Waals surface area contributed by atoms with Crippen LogP contribution >= 0.6 is 0 Å². The van der Waals surface area contributed by atoms with E-state index in [1.165, 1.54) is 25.0 Å². The van der Waals surface area contributed by atoms with Crippen molar-refractivity contribution in [3.63, 3.8) is 0 Å². The number of anilines is 1. The minimum absolute atomic E-state index is 0.0319. The Morgan fingerprint density at radius 2 is 2.00 bits per heavy atom. The second-order valence-electron chi connectivity index (χ2n) is 3.94. The number of methoxy groups -OCH3 is 2. The van der Waals surface area contributed by atoms with Gasteiger partial charge in [0.25, 0.3) is 0 Å². The SMILES string of the molecule is COc1cc(OC)nc(NC(=O)Cn2cc(CN)nn2)n1. The van der Waals surface area contributed by atoms with E-state index >= 15 is 0 Å². The lowest BCUT2D eigenvalue weighted by atomic mass is 10.5. The van der Waals surface area contributed by atoms with Gasteiger partial charge in [-0.3, -0.25) is 10.1 Å². The first-order chi connectivity index (χ1) is 10.1. The standard InChI is InChI=1S/C11H15N7O3/c1-20-9-3-10(21-2)15-11(14-9)13-8(19)6-18-5-7(4-12)16-17-18/h3,5H,4,6,12H2,1-2H3,(H,13,14,15,19). The molecule has 0 saturated carbocycles. The summed E-state index contributed by atoms with van der Waals surface area (Å²) in [6, 6.07) is 1.50. The minimum atomic E-state index is -0.362. The van der Waals surface area contributed by atoms with Gasteiger partial charge in [-0.2, -0.15) is 9.97 Å². The van der Waals surface area contributed by atoms with E-state index in [9.17, 15) is 4.79 Å². The van der Waals surface area contributed by atoms with Crippen molar-refractivity contribution in [1.82, 2.24) is 25.0 Å². The van der Waals surface area contributed by atoms with Crippen molar-refractivity contribution < 1.29 is 14.3 Å². The summed E-state index contributed by atoms with van der Waals surface area (Å²) in [6.45, 7) is 0.230. The molecule has 0 bridgehead atoms. The van der Waals surface area contributed by atoms with Gasteiger partial charge < -0.3 is 15.2 Å². The third kappa shape index (κ3) is 3.86. The van der Waals surface area contributed by atoms with E-state index in [0.29, 0.717) is 5.69 Å². The maximum atomic E-state index is 11.9. The molecule has 10 heteroatoms. The van der Waals surface area contributed by atoms with Gasteiger partial charge in [0.2, 0.25) is 23.6 Å². The summed E-state index contributed by atoms with van der Waals surface area (Å²) in [6.07, 6.45) is 1.59. The molecular formula is C11H15N7O3. The summed E-state index contributed by atoms with van der Waals surface area (Å²) in [5, 5.41) is 10.1. The lowest BCUT2D eigenvalue weighted by Gasteiger charge is -2.07. The summed E-state index contributed by atoms with van der Waals surface area (Å²) in [5.74, 6) is 0.279. The monoisotopic (exact) mass is 293 g/mol. The first-order valence-electron chi connectivity index (χ1n) is 6.00. The first-order valence-corrected chi connectivity index (χ1v) is 6.00. The van der Waals surface area contributed by atoms with Gasteiger partial charge in [-0.25, -0.2) is 4.68 Å². The highest BCUT2D eigenvalue weighted by atomic mass is 16.5. The van der Waals surface area contributed by atoms with E-state index in [4.69, 9.17) is 15.2 Å². The summed E-state index contributed by atoms with van der Waals surface area (Å²) < 4.78 is 11.4. The van der Waals surface area contributed by atoms with E-state index in [1.807, 2.05) is 0 Å². The Hall–Kier alpha value is -2.75. The highest BCUT2D eigenvalue weighted by molar-refractivity contribution is 5.88. The summed E-state index contributed by atoms with van der Waals surface area (Å²) >= 11 is 0. The quantitative estimate of drug-likeness (QED) is 0.706. The Morgan fingerprint density at radius 3 is 2.52 bits per heavy atom. The number of carbonyl (C=O) groups excluding carboxylic acids is 1. The number of hydrogen-bond acceptors (Lipinski definition) is 8. The van der Waals surface area contributed by atoms with Gasteiger partial charge in [-0.15, -0.1) is 5.10 Å². The topological polar surface area (TPSA) is 130 Å². The van der Waals surface area contributed by atoms with Gasteiger partial charge in [0.1, 0.15) is 6.54 Å². The normalized spacial score (nSPS) is 10.2. The molecule has 0 saturated heterocycles. The van der Waals surface area contributed by atoms with Crippen LogP contribution in [0.5, 0.6) is 11.8 Å². The first kappa shape index (κ1) is 14.7. The van der Waals surface area contributed by atoms with Crippen LogP contribution in [0.4, 0.5) is 5.95 Å². The number of nitrogens with zero attached hydrogens (tertiary/aromatic N) is 5. The van der Waals surface area contributed by atoms with Crippen molar-refractivity contribution in [3.8, 4) is 11.8 Å². The van der Waals surface area contributed by atoms with Gasteiger partial charge in [-0.1, -0.05) is 5.21 Å². The highest BCUT2D eigenvalue weighted by Gasteiger charge is 2.10. The van der Waals surface area contributed by atoms with Gasteiger partial charge in [0, 0.05) is 6.54 Å². The van der Waals surface area contributed by atoms with Crippen LogP contribution in [0.3, 0.4) is 0 Å². The van der Waals surface area contributed by atoms with Crippen LogP contribution in [0.2, 0.25) is 0 Å². The lowest BCUT2D eigenvalue weighted by molar-refractivity contribution is -0.117. The number of aromatic nitrogens is 5. The van der Waals surface area contributed by atoms with E-state index in [-0.39, 0.29) is 36.7 Å². The zero-order valence-corrected chi connectivity index (χ0v) is 11.6. The van der Waals surface area contributed by atoms with Gasteiger partial charge >= 0.3 is 0 Å². The number of hydrogen-bond donors (Lipinski definition) is 2. The van der Waals surface area contributed by atoms with E-state index in [0.717, 1.165) is 0 Å². The molecule has 10 nitrogen and oxygen atoms in total. The minimum Gasteiger partial charge on any atom is -0.481 e. The molecule has 0 aliphatic heterocycles. The molecule has 2 aromatic heterocycles. The molecule has 0 radical (unpaired) electrons. The average molecular weight is 293 g/mol. The van der Waals surface area contributed by atoms with Crippen molar-refractivity contribution in [2.75, 3.05) is 19.5 Å². The van der Waals surface area contributed by atoms with Crippen LogP contribution in [-0.4, -0.2) is 45.1 Å². The predicted octanol–water partition coefficient (Wildman–Crippen LogP) is -0.817. The fraction of sp³-hybridized carbons (Fsp3) is 0.364. The molecule has 2 aromatic rings. The molecule has 21 heavy (non-hydrogen) atoms. The average Bonchev–Trinajstić information content (AvgIpc) is 2.94. The fourth-order valence-electron chi connectivity index (χ4n) is 1.49. The number of ether oxygens (including phenoxy) is 2. The Morgan fingerprint density at radius 1 is 1.33 bits per heavy atom. The lowest BCUT2D eigenvalue weighted by Crippen LogP contribution is -2.20. The molecule has 0 spiro atoms. The maximum Gasteiger partial charge on any atom is 0.248 e. The summed E-state index contributed by atoms with van der Waals surface area (Å²) in [4.78, 5) is 19.9. The molecule has 112 valence electrons. The van der Waals surface area contributed by atoms with Crippen molar-refractivity contribution in [2.24, 2.45) is 5.73 Å². The van der Waals surface area contributed by atoms with Gasteiger partial charge in [0.05, 0.1) is 32.2 Å². The Bertz CT molecular complexity index is 606. The second-order valence-corrected chi connectivity index (χ2v) is 3.94. The smallest absolute Gasteiger partial charge is 0.248 e. The van der Waals surface area contributed by atoms with Crippen LogP contribution in [0, 0.1) is 0 Å². The second kappa shape index (κ2) is 6.61. The molecule has 2 rings (SSSR count). The van der Waals surface area contributed by atoms with E-state index in [2.05, 4.69) is 25.6 Å². The molecule has 1 amide bonds. The van der Waals surface area contributed by atoms with Crippen LogP contribution < -0.4 is 20.5 Å². The summed E-state index contributed by atoms with van der Waals surface area (Å²) in [7, 11) is 2.91. The van der Waals surface area contributed by atoms with Crippen molar-refractivity contribution >= 4 is 11.9 Å². The van der Waals surface area contributed by atoms with Gasteiger partial charge in [-0.05, 0) is 0 Å². The zero-order chi connectivity index (χ0) is 15.2. The summed E-state index contributed by atoms with van der Waals surface area (Å²) in [5.41, 5.74) is 6.02. The Labute approximate surface area is 120 Å². The molecule has 0 aliphatic carbocycles. The third-order valence-electron chi connectivity index (χ3n) is 2.45. The Kier molecular flexibility index (Phi) is 4.61.